The molecule has 0 spiro atoms. The van der Waals surface area contributed by atoms with Crippen LogP contribution in [-0.4, -0.2) is 8.42 Å². The van der Waals surface area contributed by atoms with E-state index in [9.17, 15) is 8.42 Å². The molecular weight excluding hydrogens is 385 g/mol. The number of nitrogens with one attached hydrogen (secondary N) is 1. The van der Waals surface area contributed by atoms with Gasteiger partial charge in [0.15, 0.2) is 0 Å². The Morgan fingerprint density at radius 2 is 1.70 bits per heavy atom. The zero-order valence-corrected chi connectivity index (χ0v) is 14.0. The average molecular weight is 395 g/mol. The summed E-state index contributed by atoms with van der Waals surface area (Å²) >= 11 is 14.8. The number of sulfonamides is 1. The van der Waals surface area contributed by atoms with Crippen LogP contribution in [0.1, 0.15) is 5.56 Å². The van der Waals surface area contributed by atoms with Crippen LogP contribution in [0.3, 0.4) is 0 Å². The fourth-order valence-corrected chi connectivity index (χ4v) is 3.33. The monoisotopic (exact) mass is 393 g/mol. The van der Waals surface area contributed by atoms with Crippen molar-refractivity contribution in [3.8, 4) is 0 Å². The van der Waals surface area contributed by atoms with Crippen LogP contribution in [0.2, 0.25) is 10.0 Å². The van der Waals surface area contributed by atoms with E-state index in [-0.39, 0.29) is 11.4 Å². The lowest BCUT2D eigenvalue weighted by Crippen LogP contribution is -2.23. The van der Waals surface area contributed by atoms with Crippen molar-refractivity contribution in [3.63, 3.8) is 0 Å². The predicted molar refractivity (Wildman–Crippen MR) is 84.6 cm³/mol. The topological polar surface area (TPSA) is 46.2 Å². The first-order valence-electron chi connectivity index (χ1n) is 5.58. The van der Waals surface area contributed by atoms with Crippen LogP contribution in [0.4, 0.5) is 0 Å². The second kappa shape index (κ2) is 6.45. The fourth-order valence-electron chi connectivity index (χ4n) is 1.51. The maximum Gasteiger partial charge on any atom is 0.240 e. The molecule has 0 fully saturated rings. The van der Waals surface area contributed by atoms with Gasteiger partial charge in [-0.1, -0.05) is 35.3 Å². The summed E-state index contributed by atoms with van der Waals surface area (Å²) in [5.74, 6) is 0. The molecule has 3 nitrogen and oxygen atoms in total. The van der Waals surface area contributed by atoms with E-state index < -0.39 is 10.0 Å². The van der Waals surface area contributed by atoms with Gasteiger partial charge in [-0.05, 0) is 51.8 Å². The maximum atomic E-state index is 12.1. The van der Waals surface area contributed by atoms with E-state index in [1.54, 1.807) is 24.3 Å². The van der Waals surface area contributed by atoms with Crippen molar-refractivity contribution >= 4 is 49.2 Å². The first-order chi connectivity index (χ1) is 9.38. The normalized spacial score (nSPS) is 11.6. The van der Waals surface area contributed by atoms with Gasteiger partial charge in [-0.15, -0.1) is 0 Å². The Bertz CT molecular complexity index is 718. The highest BCUT2D eigenvalue weighted by Gasteiger charge is 2.14. The van der Waals surface area contributed by atoms with Gasteiger partial charge >= 0.3 is 0 Å². The number of hydrogen-bond donors (Lipinski definition) is 1. The summed E-state index contributed by atoms with van der Waals surface area (Å²) in [6.07, 6.45) is 0. The third kappa shape index (κ3) is 3.96. The van der Waals surface area contributed by atoms with Gasteiger partial charge in [-0.25, -0.2) is 13.1 Å². The zero-order chi connectivity index (χ0) is 14.8. The highest BCUT2D eigenvalue weighted by molar-refractivity contribution is 9.10. The molecule has 2 aromatic carbocycles. The van der Waals surface area contributed by atoms with Crippen LogP contribution in [0.25, 0.3) is 0 Å². The van der Waals surface area contributed by atoms with E-state index in [0.717, 1.165) is 5.56 Å². The Balaban J connectivity index is 2.14. The molecule has 0 unspecified atom stereocenters. The molecule has 1 N–H and O–H groups in total. The summed E-state index contributed by atoms with van der Waals surface area (Å²) in [5.41, 5.74) is 0.825. The number of rotatable bonds is 4. The van der Waals surface area contributed by atoms with Crippen molar-refractivity contribution < 1.29 is 8.42 Å². The van der Waals surface area contributed by atoms with Gasteiger partial charge in [0.05, 0.1) is 9.92 Å². The van der Waals surface area contributed by atoms with Crippen LogP contribution in [-0.2, 0) is 16.6 Å². The van der Waals surface area contributed by atoms with Gasteiger partial charge in [0.2, 0.25) is 10.0 Å². The van der Waals surface area contributed by atoms with Crippen LogP contribution in [0, 0.1) is 0 Å². The van der Waals surface area contributed by atoms with Gasteiger partial charge in [0, 0.05) is 16.0 Å². The Morgan fingerprint density at radius 1 is 1.05 bits per heavy atom. The third-order valence-electron chi connectivity index (χ3n) is 2.58. The molecule has 0 aromatic heterocycles. The van der Waals surface area contributed by atoms with E-state index in [4.69, 9.17) is 23.2 Å². The van der Waals surface area contributed by atoms with E-state index >= 15 is 0 Å². The first kappa shape index (κ1) is 15.8. The molecule has 20 heavy (non-hydrogen) atoms. The molecule has 7 heteroatoms. The summed E-state index contributed by atoms with van der Waals surface area (Å²) in [6, 6.07) is 11.4. The van der Waals surface area contributed by atoms with Crippen LogP contribution >= 0.6 is 39.1 Å². The SMILES string of the molecule is O=S(=O)(NCc1ccc(Cl)cc1)c1ccc(Cl)c(Br)c1. The average Bonchev–Trinajstić information content (AvgIpc) is 2.41. The molecule has 0 aliphatic heterocycles. The van der Waals surface area contributed by atoms with Crippen molar-refractivity contribution in [2.24, 2.45) is 0 Å². The summed E-state index contributed by atoms with van der Waals surface area (Å²) in [5, 5.41) is 1.07. The van der Waals surface area contributed by atoms with E-state index in [2.05, 4.69) is 20.7 Å². The summed E-state index contributed by atoms with van der Waals surface area (Å²) in [6.45, 7) is 0.194. The van der Waals surface area contributed by atoms with Crippen molar-refractivity contribution in [2.45, 2.75) is 11.4 Å². The Labute approximate surface area is 136 Å². The van der Waals surface area contributed by atoms with Crippen LogP contribution < -0.4 is 4.72 Å². The lowest BCUT2D eigenvalue weighted by Gasteiger charge is -2.08. The number of benzene rings is 2. The fraction of sp³-hybridized carbons (Fsp3) is 0.0769. The Morgan fingerprint density at radius 3 is 2.30 bits per heavy atom. The largest absolute Gasteiger partial charge is 0.240 e. The third-order valence-corrected chi connectivity index (χ3v) is 5.45. The lowest BCUT2D eigenvalue weighted by atomic mass is 10.2. The van der Waals surface area contributed by atoms with Crippen molar-refractivity contribution in [3.05, 3.63) is 62.5 Å². The molecule has 0 saturated heterocycles. The number of hydrogen-bond acceptors (Lipinski definition) is 2. The molecule has 2 aromatic rings. The standard InChI is InChI=1S/C13H10BrCl2NO2S/c14-12-7-11(5-6-13(12)16)20(18,19)17-8-9-1-3-10(15)4-2-9/h1-7,17H,8H2. The van der Waals surface area contributed by atoms with Crippen LogP contribution in [0.15, 0.2) is 51.8 Å². The molecule has 0 aliphatic carbocycles. The first-order valence-corrected chi connectivity index (χ1v) is 8.61. The maximum absolute atomic E-state index is 12.1. The molecule has 106 valence electrons. The summed E-state index contributed by atoms with van der Waals surface area (Å²) < 4.78 is 27.3. The van der Waals surface area contributed by atoms with Gasteiger partial charge in [0.1, 0.15) is 0 Å². The van der Waals surface area contributed by atoms with Gasteiger partial charge in [-0.3, -0.25) is 0 Å². The highest BCUT2D eigenvalue weighted by atomic mass is 79.9. The van der Waals surface area contributed by atoms with Gasteiger partial charge in [-0.2, -0.15) is 0 Å². The van der Waals surface area contributed by atoms with E-state index in [0.29, 0.717) is 14.5 Å². The lowest BCUT2D eigenvalue weighted by molar-refractivity contribution is 0.581. The minimum Gasteiger partial charge on any atom is -0.207 e. The smallest absolute Gasteiger partial charge is 0.207 e. The summed E-state index contributed by atoms with van der Waals surface area (Å²) in [7, 11) is -3.58. The Kier molecular flexibility index (Phi) is 5.09. The van der Waals surface area contributed by atoms with Crippen LogP contribution in [0.5, 0.6) is 0 Å². The van der Waals surface area contributed by atoms with Crippen molar-refractivity contribution in [2.75, 3.05) is 0 Å². The van der Waals surface area contributed by atoms with Gasteiger partial charge < -0.3 is 0 Å². The second-order valence-corrected chi connectivity index (χ2v) is 7.49. The molecule has 0 bridgehead atoms. The van der Waals surface area contributed by atoms with Gasteiger partial charge in [0.25, 0.3) is 0 Å². The highest BCUT2D eigenvalue weighted by Crippen LogP contribution is 2.25. The van der Waals surface area contributed by atoms with E-state index in [1.807, 2.05) is 0 Å². The number of halogens is 3. The molecule has 0 aliphatic rings. The molecule has 0 atom stereocenters. The minimum atomic E-state index is -3.58. The van der Waals surface area contributed by atoms with E-state index in [1.165, 1.54) is 18.2 Å². The molecule has 2 rings (SSSR count). The quantitative estimate of drug-likeness (QED) is 0.843. The Hall–Kier alpha value is -0.590. The predicted octanol–water partition coefficient (Wildman–Crippen LogP) is 4.23. The molecular formula is C13H10BrCl2NO2S. The minimum absolute atomic E-state index is 0.155. The second-order valence-electron chi connectivity index (χ2n) is 4.03. The molecule has 0 saturated carbocycles. The molecule has 0 amide bonds. The molecule has 0 heterocycles. The van der Waals surface area contributed by atoms with Crippen molar-refractivity contribution in [1.29, 1.82) is 0 Å². The molecule has 0 radical (unpaired) electrons. The van der Waals surface area contributed by atoms with Crippen molar-refractivity contribution in [1.82, 2.24) is 4.72 Å². The summed E-state index contributed by atoms with van der Waals surface area (Å²) in [4.78, 5) is 0.155. The zero-order valence-electron chi connectivity index (χ0n) is 10.1.